The lowest BCUT2D eigenvalue weighted by Gasteiger charge is -2.34. The number of nitrogen functional groups attached to an aromatic ring is 1. The summed E-state index contributed by atoms with van der Waals surface area (Å²) in [4.78, 5) is 32.0. The van der Waals surface area contributed by atoms with Crippen molar-refractivity contribution < 1.29 is 22.7 Å². The van der Waals surface area contributed by atoms with Gasteiger partial charge in [0, 0.05) is 37.1 Å². The second kappa shape index (κ2) is 9.14. The highest BCUT2D eigenvalue weighted by molar-refractivity contribution is 6.07. The van der Waals surface area contributed by atoms with Crippen molar-refractivity contribution in [3.63, 3.8) is 0 Å². The van der Waals surface area contributed by atoms with E-state index in [0.717, 1.165) is 0 Å². The third-order valence-electron chi connectivity index (χ3n) is 6.55. The van der Waals surface area contributed by atoms with Gasteiger partial charge in [0.05, 0.1) is 11.2 Å². The molecule has 4 N–H and O–H groups in total. The molecule has 1 saturated heterocycles. The molecule has 0 unspecified atom stereocenters. The maximum Gasteiger partial charge on any atom is 0.272 e. The number of pyridine rings is 1. The van der Waals surface area contributed by atoms with Gasteiger partial charge in [0.15, 0.2) is 11.5 Å². The zero-order valence-corrected chi connectivity index (χ0v) is 19.5. The smallest absolute Gasteiger partial charge is 0.272 e. The Balaban J connectivity index is 1.51. The fourth-order valence-electron chi connectivity index (χ4n) is 4.80. The summed E-state index contributed by atoms with van der Waals surface area (Å²) < 4.78 is 37.9. The van der Waals surface area contributed by atoms with Crippen LogP contribution >= 0.6 is 0 Å². The first-order chi connectivity index (χ1) is 17.2. The van der Waals surface area contributed by atoms with Gasteiger partial charge in [-0.3, -0.25) is 9.59 Å². The van der Waals surface area contributed by atoms with Gasteiger partial charge in [-0.2, -0.15) is 0 Å². The molecule has 2 aromatic carbocycles. The number of rotatable bonds is 6. The highest BCUT2D eigenvalue weighted by Crippen LogP contribution is 2.37. The van der Waals surface area contributed by atoms with Gasteiger partial charge >= 0.3 is 0 Å². The fraction of sp³-hybridized carbons (Fsp3) is 0.320. The Hall–Kier alpha value is -4.15. The predicted molar refractivity (Wildman–Crippen MR) is 132 cm³/mol. The summed E-state index contributed by atoms with van der Waals surface area (Å²) >= 11 is 0. The molecule has 1 aliphatic heterocycles. The first-order valence-corrected chi connectivity index (χ1v) is 11.5. The van der Waals surface area contributed by atoms with E-state index in [2.05, 4.69) is 4.98 Å². The summed E-state index contributed by atoms with van der Waals surface area (Å²) in [6, 6.07) is 10.00. The second-order valence-corrected chi connectivity index (χ2v) is 8.87. The van der Waals surface area contributed by atoms with Crippen LogP contribution in [-0.4, -0.2) is 41.6 Å². The lowest BCUT2D eigenvalue weighted by atomic mass is 9.95. The number of hydrogen-bond acceptors (Lipinski definition) is 7. The van der Waals surface area contributed by atoms with Crippen molar-refractivity contribution in [1.29, 1.82) is 0 Å². The van der Waals surface area contributed by atoms with Crippen molar-refractivity contribution in [3.05, 3.63) is 58.2 Å². The monoisotopic (exact) mass is 497 g/mol. The van der Waals surface area contributed by atoms with E-state index in [-0.39, 0.29) is 17.2 Å². The number of alkyl halides is 2. The Morgan fingerprint density at radius 1 is 1.22 bits per heavy atom. The van der Waals surface area contributed by atoms with Gasteiger partial charge < -0.3 is 30.1 Å². The standard InChI is InChI=1S/C25H25F2N5O4/c1-31-18-4-3-15(35-12-20(26)27)11-16(18)22(21(23(29)33)25(31)34)32-8-6-13(7-9-32)24-30-17-10-14(28)2-5-19(17)36-24/h2-5,10-11,13,20H,6-9,12,28H2,1H3,(H2,29,33). The highest BCUT2D eigenvalue weighted by atomic mass is 19.3. The van der Waals surface area contributed by atoms with E-state index in [1.165, 1.54) is 17.7 Å². The number of nitrogens with two attached hydrogens (primary N) is 2. The van der Waals surface area contributed by atoms with E-state index in [1.807, 2.05) is 4.90 Å². The molecule has 1 fully saturated rings. The number of piperidine rings is 1. The second-order valence-electron chi connectivity index (χ2n) is 8.87. The van der Waals surface area contributed by atoms with Gasteiger partial charge in [0.2, 0.25) is 0 Å². The van der Waals surface area contributed by atoms with Crippen LogP contribution in [0.5, 0.6) is 5.75 Å². The number of aromatic nitrogens is 2. The Morgan fingerprint density at radius 2 is 1.97 bits per heavy atom. The molecule has 5 rings (SSSR count). The van der Waals surface area contributed by atoms with Gasteiger partial charge in [-0.1, -0.05) is 0 Å². The van der Waals surface area contributed by atoms with Crippen LogP contribution in [-0.2, 0) is 7.05 Å². The van der Waals surface area contributed by atoms with Crippen LogP contribution < -0.4 is 26.7 Å². The molecular formula is C25H25F2N5O4. The largest absolute Gasteiger partial charge is 0.488 e. The molecule has 0 spiro atoms. The number of hydrogen-bond donors (Lipinski definition) is 2. The van der Waals surface area contributed by atoms with E-state index < -0.39 is 24.5 Å². The number of anilines is 2. The van der Waals surface area contributed by atoms with Gasteiger partial charge in [-0.05, 0) is 49.2 Å². The topological polar surface area (TPSA) is 130 Å². The molecular weight excluding hydrogens is 472 g/mol. The lowest BCUT2D eigenvalue weighted by molar-refractivity contribution is 0.0819. The molecule has 0 aliphatic carbocycles. The zero-order chi connectivity index (χ0) is 25.6. The molecule has 0 saturated carbocycles. The summed E-state index contributed by atoms with van der Waals surface area (Å²) in [6.45, 7) is 0.225. The van der Waals surface area contributed by atoms with E-state index in [0.29, 0.717) is 65.2 Å². The molecule has 0 radical (unpaired) electrons. The normalized spacial score (nSPS) is 14.7. The van der Waals surface area contributed by atoms with Crippen molar-refractivity contribution in [2.24, 2.45) is 12.8 Å². The van der Waals surface area contributed by atoms with Gasteiger partial charge in [0.25, 0.3) is 17.9 Å². The molecule has 4 aromatic rings. The Bertz CT molecular complexity index is 1520. The zero-order valence-electron chi connectivity index (χ0n) is 19.5. The highest BCUT2D eigenvalue weighted by Gasteiger charge is 2.30. The van der Waals surface area contributed by atoms with E-state index in [9.17, 15) is 18.4 Å². The molecule has 1 aliphatic rings. The maximum atomic E-state index is 13.1. The average Bonchev–Trinajstić information content (AvgIpc) is 3.27. The summed E-state index contributed by atoms with van der Waals surface area (Å²) in [7, 11) is 1.53. The van der Waals surface area contributed by atoms with Gasteiger partial charge in [0.1, 0.15) is 23.4 Å². The first-order valence-electron chi connectivity index (χ1n) is 11.5. The number of halogens is 2. The molecule has 3 heterocycles. The lowest BCUT2D eigenvalue weighted by Crippen LogP contribution is -2.38. The number of carbonyl (C=O) groups is 1. The Kier molecular flexibility index (Phi) is 5.99. The minimum Gasteiger partial charge on any atom is -0.488 e. The average molecular weight is 498 g/mol. The van der Waals surface area contributed by atoms with Crippen molar-refractivity contribution in [1.82, 2.24) is 9.55 Å². The molecule has 11 heteroatoms. The number of ether oxygens (including phenoxy) is 1. The predicted octanol–water partition coefficient (Wildman–Crippen LogP) is 3.39. The number of aryl methyl sites for hydroxylation is 1. The van der Waals surface area contributed by atoms with Crippen LogP contribution in [0.25, 0.3) is 22.0 Å². The van der Waals surface area contributed by atoms with Crippen molar-refractivity contribution in [2.75, 3.05) is 30.3 Å². The quantitative estimate of drug-likeness (QED) is 0.391. The number of benzene rings is 2. The van der Waals surface area contributed by atoms with Crippen molar-refractivity contribution >= 4 is 39.3 Å². The molecule has 9 nitrogen and oxygen atoms in total. The van der Waals surface area contributed by atoms with Crippen LogP contribution in [0.2, 0.25) is 0 Å². The first kappa shape index (κ1) is 23.6. The molecule has 36 heavy (non-hydrogen) atoms. The summed E-state index contributed by atoms with van der Waals surface area (Å²) in [6.07, 6.45) is -1.33. The van der Waals surface area contributed by atoms with Crippen LogP contribution in [0.4, 0.5) is 20.2 Å². The molecule has 188 valence electrons. The Labute approximate surface area is 204 Å². The van der Waals surface area contributed by atoms with Crippen LogP contribution in [0.15, 0.2) is 45.6 Å². The van der Waals surface area contributed by atoms with Gasteiger partial charge in [-0.25, -0.2) is 13.8 Å². The third-order valence-corrected chi connectivity index (χ3v) is 6.55. The fourth-order valence-corrected chi connectivity index (χ4v) is 4.80. The summed E-state index contributed by atoms with van der Waals surface area (Å²) in [5.74, 6) is 0.000334. The molecule has 2 aromatic heterocycles. The third kappa shape index (κ3) is 4.21. The number of oxazole rings is 1. The van der Waals surface area contributed by atoms with Crippen LogP contribution in [0.3, 0.4) is 0 Å². The summed E-state index contributed by atoms with van der Waals surface area (Å²) in [5, 5.41) is 0.522. The number of carbonyl (C=O) groups excluding carboxylic acids is 1. The molecule has 1 amide bonds. The number of fused-ring (bicyclic) bond motifs is 2. The SMILES string of the molecule is Cn1c(=O)c(C(N)=O)c(N2CCC(c3nc4cc(N)ccc4o3)CC2)c2cc(OCC(F)F)ccc21. The van der Waals surface area contributed by atoms with E-state index >= 15 is 0 Å². The Morgan fingerprint density at radius 3 is 2.67 bits per heavy atom. The maximum absolute atomic E-state index is 13.1. The number of amides is 1. The molecule has 0 atom stereocenters. The van der Waals surface area contributed by atoms with E-state index in [1.54, 1.807) is 30.3 Å². The summed E-state index contributed by atoms with van der Waals surface area (Å²) in [5.41, 5.74) is 13.7. The minimum atomic E-state index is -2.64. The van der Waals surface area contributed by atoms with Crippen molar-refractivity contribution in [2.45, 2.75) is 25.2 Å². The minimum absolute atomic E-state index is 0.0367. The number of primary amides is 1. The van der Waals surface area contributed by atoms with Crippen LogP contribution in [0, 0.1) is 0 Å². The number of nitrogens with zero attached hydrogens (tertiary/aromatic N) is 3. The van der Waals surface area contributed by atoms with Crippen molar-refractivity contribution in [3.8, 4) is 5.75 Å². The van der Waals surface area contributed by atoms with E-state index in [4.69, 9.17) is 20.6 Å². The molecule has 0 bridgehead atoms. The van der Waals surface area contributed by atoms with Gasteiger partial charge in [-0.15, -0.1) is 0 Å². The van der Waals surface area contributed by atoms with Crippen LogP contribution in [0.1, 0.15) is 35.0 Å².